The number of nitriles is 1. The van der Waals surface area contributed by atoms with E-state index in [1.54, 1.807) is 0 Å². The Morgan fingerprint density at radius 1 is 1.22 bits per heavy atom. The minimum atomic E-state index is -0.325. The van der Waals surface area contributed by atoms with Gasteiger partial charge >= 0.3 is 0 Å². The number of para-hydroxylation sites is 1. The normalized spacial score (nSPS) is 25.0. The predicted molar refractivity (Wildman–Crippen MR) is 142 cm³/mol. The van der Waals surface area contributed by atoms with E-state index >= 15 is 0 Å². The SMILES string of the molecule is CCOc1ccc(C2C(C#N)=C(SCC(=O)N3c4ccccc4CC3C)NC3CCCC(=O)C32)cc1. The van der Waals surface area contributed by atoms with E-state index in [1.165, 1.54) is 17.3 Å². The van der Waals surface area contributed by atoms with Crippen LogP contribution in [0.5, 0.6) is 5.75 Å². The third-order valence-corrected chi connectivity index (χ3v) is 8.48. The highest BCUT2D eigenvalue weighted by molar-refractivity contribution is 8.03. The number of ketones is 1. The van der Waals surface area contributed by atoms with Gasteiger partial charge in [-0.1, -0.05) is 42.1 Å². The lowest BCUT2D eigenvalue weighted by atomic mass is 9.68. The molecule has 2 aromatic rings. The van der Waals surface area contributed by atoms with Gasteiger partial charge in [-0.15, -0.1) is 0 Å². The number of carbonyl (C=O) groups excluding carboxylic acids is 2. The molecule has 186 valence electrons. The molecule has 36 heavy (non-hydrogen) atoms. The van der Waals surface area contributed by atoms with Crippen LogP contribution in [0.2, 0.25) is 0 Å². The molecule has 4 atom stereocenters. The van der Waals surface area contributed by atoms with E-state index in [0.717, 1.165) is 41.3 Å². The van der Waals surface area contributed by atoms with Crippen LogP contribution in [0.1, 0.15) is 50.2 Å². The van der Waals surface area contributed by atoms with Crippen molar-refractivity contribution in [1.82, 2.24) is 5.32 Å². The lowest BCUT2D eigenvalue weighted by molar-refractivity contribution is -0.126. The maximum absolute atomic E-state index is 13.3. The van der Waals surface area contributed by atoms with Crippen molar-refractivity contribution < 1.29 is 14.3 Å². The molecule has 1 N–H and O–H groups in total. The summed E-state index contributed by atoms with van der Waals surface area (Å²) in [6.07, 6.45) is 3.10. The minimum absolute atomic E-state index is 0.0310. The van der Waals surface area contributed by atoms with Gasteiger partial charge in [0.25, 0.3) is 0 Å². The maximum atomic E-state index is 13.3. The molecule has 0 bridgehead atoms. The summed E-state index contributed by atoms with van der Waals surface area (Å²) in [5, 5.41) is 14.5. The van der Waals surface area contributed by atoms with Crippen LogP contribution in [-0.4, -0.2) is 36.1 Å². The molecular weight excluding hydrogens is 470 g/mol. The number of nitrogens with zero attached hydrogens (tertiary/aromatic N) is 2. The van der Waals surface area contributed by atoms with Gasteiger partial charge in [-0.2, -0.15) is 5.26 Å². The summed E-state index contributed by atoms with van der Waals surface area (Å²) >= 11 is 1.39. The Hall–Kier alpha value is -3.24. The highest BCUT2D eigenvalue weighted by atomic mass is 32.2. The molecule has 0 aromatic heterocycles. The molecule has 6 nitrogen and oxygen atoms in total. The summed E-state index contributed by atoms with van der Waals surface area (Å²) < 4.78 is 5.59. The summed E-state index contributed by atoms with van der Waals surface area (Å²) in [5.41, 5.74) is 3.65. The Kier molecular flexibility index (Phi) is 7.06. The Morgan fingerprint density at radius 2 is 2.00 bits per heavy atom. The highest BCUT2D eigenvalue weighted by Gasteiger charge is 2.45. The van der Waals surface area contributed by atoms with Crippen molar-refractivity contribution in [1.29, 1.82) is 5.26 Å². The summed E-state index contributed by atoms with van der Waals surface area (Å²) in [4.78, 5) is 28.3. The van der Waals surface area contributed by atoms with E-state index in [9.17, 15) is 14.9 Å². The number of hydrogen-bond acceptors (Lipinski definition) is 6. The van der Waals surface area contributed by atoms with Gasteiger partial charge in [0.05, 0.1) is 29.0 Å². The van der Waals surface area contributed by atoms with Crippen molar-refractivity contribution >= 4 is 29.1 Å². The molecule has 7 heteroatoms. The quantitative estimate of drug-likeness (QED) is 0.603. The van der Waals surface area contributed by atoms with E-state index in [-0.39, 0.29) is 41.4 Å². The molecule has 2 aromatic carbocycles. The van der Waals surface area contributed by atoms with Crippen molar-refractivity contribution in [3.63, 3.8) is 0 Å². The van der Waals surface area contributed by atoms with E-state index in [4.69, 9.17) is 4.74 Å². The summed E-state index contributed by atoms with van der Waals surface area (Å²) in [6.45, 7) is 4.59. The van der Waals surface area contributed by atoms with Crippen molar-refractivity contribution in [3.8, 4) is 11.8 Å². The monoisotopic (exact) mass is 501 g/mol. The first-order valence-corrected chi connectivity index (χ1v) is 13.7. The van der Waals surface area contributed by atoms with E-state index in [1.807, 2.05) is 54.3 Å². The Bertz CT molecular complexity index is 1230. The van der Waals surface area contributed by atoms with Crippen LogP contribution in [0.4, 0.5) is 5.69 Å². The molecule has 1 amide bonds. The molecule has 0 spiro atoms. The second kappa shape index (κ2) is 10.4. The fourth-order valence-corrected chi connectivity index (χ4v) is 6.88. The van der Waals surface area contributed by atoms with Gasteiger partial charge in [-0.3, -0.25) is 9.59 Å². The summed E-state index contributed by atoms with van der Waals surface area (Å²) in [5.74, 6) is 0.625. The second-order valence-electron chi connectivity index (χ2n) is 9.70. The number of carbonyl (C=O) groups is 2. The van der Waals surface area contributed by atoms with Crippen LogP contribution < -0.4 is 15.0 Å². The van der Waals surface area contributed by atoms with E-state index in [0.29, 0.717) is 18.6 Å². The third-order valence-electron chi connectivity index (χ3n) is 7.46. The molecule has 0 saturated heterocycles. The van der Waals surface area contributed by atoms with Crippen molar-refractivity contribution in [2.24, 2.45) is 5.92 Å². The van der Waals surface area contributed by atoms with Gasteiger partial charge in [-0.25, -0.2) is 0 Å². The van der Waals surface area contributed by atoms with Gasteiger partial charge in [0.2, 0.25) is 5.91 Å². The lowest BCUT2D eigenvalue weighted by Crippen LogP contribution is -2.49. The number of nitrogens with one attached hydrogen (secondary N) is 1. The number of amides is 1. The molecule has 1 saturated carbocycles. The molecule has 2 aliphatic heterocycles. The molecule has 2 heterocycles. The Balaban J connectivity index is 1.43. The van der Waals surface area contributed by atoms with Crippen LogP contribution in [0.15, 0.2) is 59.1 Å². The smallest absolute Gasteiger partial charge is 0.237 e. The van der Waals surface area contributed by atoms with Gasteiger partial charge in [0.1, 0.15) is 11.5 Å². The number of rotatable bonds is 6. The van der Waals surface area contributed by atoms with E-state index < -0.39 is 0 Å². The highest BCUT2D eigenvalue weighted by Crippen LogP contribution is 2.45. The fraction of sp³-hybridized carbons (Fsp3) is 0.414. The van der Waals surface area contributed by atoms with Gasteiger partial charge in [0, 0.05) is 36.0 Å². The van der Waals surface area contributed by atoms with Crippen molar-refractivity contribution in [2.75, 3.05) is 17.3 Å². The molecule has 0 radical (unpaired) electrons. The number of benzene rings is 2. The van der Waals surface area contributed by atoms with Gasteiger partial charge in [0.15, 0.2) is 0 Å². The van der Waals surface area contributed by atoms with Crippen molar-refractivity contribution in [2.45, 2.75) is 57.5 Å². The van der Waals surface area contributed by atoms with Crippen LogP contribution in [0.3, 0.4) is 0 Å². The number of ether oxygens (including phenoxy) is 1. The largest absolute Gasteiger partial charge is 0.494 e. The van der Waals surface area contributed by atoms with Crippen molar-refractivity contribution in [3.05, 3.63) is 70.3 Å². The van der Waals surface area contributed by atoms with Crippen LogP contribution in [0.25, 0.3) is 0 Å². The third kappa shape index (κ3) is 4.51. The number of hydrogen-bond donors (Lipinski definition) is 1. The first-order valence-electron chi connectivity index (χ1n) is 12.7. The average molecular weight is 502 g/mol. The number of thioether (sulfide) groups is 1. The standard InChI is InChI=1S/C29H31N3O3S/c1-3-35-21-13-11-19(12-14-21)27-22(16-30)29(31-23-8-6-10-25(33)28(23)27)36-17-26(34)32-18(2)15-20-7-4-5-9-24(20)32/h4-5,7,9,11-14,18,23,27-28,31H,3,6,8,10,15,17H2,1-2H3. The molecule has 3 aliphatic rings. The molecule has 4 unspecified atom stereocenters. The topological polar surface area (TPSA) is 82.4 Å². The Morgan fingerprint density at radius 3 is 2.75 bits per heavy atom. The molecule has 5 rings (SSSR count). The summed E-state index contributed by atoms with van der Waals surface area (Å²) in [6, 6.07) is 18.3. The molecular formula is C29H31N3O3S. The Labute approximate surface area is 216 Å². The van der Waals surface area contributed by atoms with Crippen LogP contribution in [-0.2, 0) is 16.0 Å². The zero-order valence-electron chi connectivity index (χ0n) is 20.7. The van der Waals surface area contributed by atoms with E-state index in [2.05, 4.69) is 24.4 Å². The van der Waals surface area contributed by atoms with Crippen LogP contribution >= 0.6 is 11.8 Å². The van der Waals surface area contributed by atoms with Crippen LogP contribution in [0, 0.1) is 17.2 Å². The average Bonchev–Trinajstić information content (AvgIpc) is 3.23. The predicted octanol–water partition coefficient (Wildman–Crippen LogP) is 4.96. The molecule has 1 fully saturated rings. The lowest BCUT2D eigenvalue weighted by Gasteiger charge is -2.42. The zero-order valence-corrected chi connectivity index (χ0v) is 21.5. The number of Topliss-reactive ketones (excluding diaryl/α,β-unsaturated/α-hetero) is 1. The number of anilines is 1. The number of fused-ring (bicyclic) bond motifs is 2. The zero-order chi connectivity index (χ0) is 25.2. The second-order valence-corrected chi connectivity index (χ2v) is 10.7. The first-order chi connectivity index (χ1) is 17.5. The summed E-state index contributed by atoms with van der Waals surface area (Å²) in [7, 11) is 0. The van der Waals surface area contributed by atoms with Gasteiger partial charge in [-0.05, 0) is 62.4 Å². The number of allylic oxidation sites excluding steroid dienone is 1. The maximum Gasteiger partial charge on any atom is 0.237 e. The minimum Gasteiger partial charge on any atom is -0.494 e. The first kappa shape index (κ1) is 24.5. The van der Waals surface area contributed by atoms with Gasteiger partial charge < -0.3 is 15.0 Å². The molecule has 1 aliphatic carbocycles. The fourth-order valence-electron chi connectivity index (χ4n) is 5.91.